The Morgan fingerprint density at radius 2 is 1.80 bits per heavy atom. The molecule has 2 heterocycles. The number of halogens is 2. The van der Waals surface area contributed by atoms with Gasteiger partial charge in [-0.05, 0) is 49.7 Å². The predicted octanol–water partition coefficient (Wildman–Crippen LogP) is 4.72. The Hall–Kier alpha value is -2.34. The van der Waals surface area contributed by atoms with Gasteiger partial charge in [-0.2, -0.15) is 0 Å². The molecule has 0 amide bonds. The van der Waals surface area contributed by atoms with Crippen LogP contribution in [0.15, 0.2) is 42.7 Å². The van der Waals surface area contributed by atoms with Gasteiger partial charge in [0, 0.05) is 21.8 Å². The Morgan fingerprint density at radius 3 is 2.60 bits per heavy atom. The topological polar surface area (TPSA) is 85.1 Å². The van der Waals surface area contributed by atoms with E-state index in [1.807, 2.05) is 50.2 Å². The number of anilines is 2. The van der Waals surface area contributed by atoms with Crippen molar-refractivity contribution in [2.45, 2.75) is 13.8 Å². The van der Waals surface area contributed by atoms with E-state index in [1.54, 1.807) is 6.33 Å². The number of aromatic amines is 1. The van der Waals surface area contributed by atoms with Crippen molar-refractivity contribution < 1.29 is 5.48 Å². The number of hydrogen-bond acceptors (Lipinski definition) is 3. The van der Waals surface area contributed by atoms with Crippen molar-refractivity contribution in [1.82, 2.24) is 15.0 Å². The number of benzene rings is 2. The second-order valence-electron chi connectivity index (χ2n) is 5.60. The molecule has 4 rings (SSSR count). The number of aromatic nitrogens is 3. The lowest BCUT2D eigenvalue weighted by atomic mass is 10.1. The maximum atomic E-state index is 6.24. The van der Waals surface area contributed by atoms with Gasteiger partial charge in [-0.15, -0.1) is 12.4 Å². The molecule has 0 radical (unpaired) electrons. The summed E-state index contributed by atoms with van der Waals surface area (Å²) in [5.41, 5.74) is 6.80. The lowest BCUT2D eigenvalue weighted by molar-refractivity contribution is 0.824. The molecular formula is C18H18Cl2N4O. The van der Waals surface area contributed by atoms with Crippen LogP contribution in [0.2, 0.25) is 5.02 Å². The van der Waals surface area contributed by atoms with E-state index in [0.29, 0.717) is 0 Å². The quantitative estimate of drug-likeness (QED) is 0.530. The van der Waals surface area contributed by atoms with Gasteiger partial charge in [-0.25, -0.2) is 4.98 Å². The average molecular weight is 377 g/mol. The lowest BCUT2D eigenvalue weighted by Gasteiger charge is -2.14. The maximum absolute atomic E-state index is 6.24. The van der Waals surface area contributed by atoms with Gasteiger partial charge in [0.1, 0.15) is 0 Å². The van der Waals surface area contributed by atoms with E-state index in [4.69, 9.17) is 11.6 Å². The second-order valence-corrected chi connectivity index (χ2v) is 6.01. The number of aryl methyl sites for hydroxylation is 1. The van der Waals surface area contributed by atoms with Crippen LogP contribution in [-0.4, -0.2) is 20.4 Å². The molecule has 0 aliphatic rings. The average Bonchev–Trinajstić information content (AvgIpc) is 3.00. The third-order valence-electron chi connectivity index (χ3n) is 4.03. The molecule has 0 bridgehead atoms. The van der Waals surface area contributed by atoms with Crippen molar-refractivity contribution in [3.63, 3.8) is 0 Å². The summed E-state index contributed by atoms with van der Waals surface area (Å²) in [5.74, 6) is 0. The smallest absolute Gasteiger partial charge is 0.0932 e. The van der Waals surface area contributed by atoms with E-state index in [0.717, 1.165) is 49.6 Å². The van der Waals surface area contributed by atoms with E-state index in [-0.39, 0.29) is 17.9 Å². The summed E-state index contributed by atoms with van der Waals surface area (Å²) in [6.07, 6.45) is 1.71. The Bertz CT molecular complexity index is 1050. The normalized spacial score (nSPS) is 10.4. The molecule has 0 atom stereocenters. The zero-order valence-electron chi connectivity index (χ0n) is 13.7. The fourth-order valence-electron chi connectivity index (χ4n) is 2.86. The zero-order valence-corrected chi connectivity index (χ0v) is 15.3. The summed E-state index contributed by atoms with van der Waals surface area (Å²) in [6, 6.07) is 11.9. The number of pyridine rings is 1. The van der Waals surface area contributed by atoms with Crippen molar-refractivity contribution in [2.24, 2.45) is 0 Å². The van der Waals surface area contributed by atoms with Crippen LogP contribution in [0.3, 0.4) is 0 Å². The minimum absolute atomic E-state index is 0. The Morgan fingerprint density at radius 1 is 1.04 bits per heavy atom. The standard InChI is InChI=1S/C18H15ClN4.ClH.H2O/c1-10-8-16(23-13-5-3-4-12(19)11(13)2)17-14(22-10)6-7-15-18(17)21-9-20-15;;/h3-9H,1-2H3,(H,20,21)(H,22,23);1H;1H2. The Kier molecular flexibility index (Phi) is 5.52. The van der Waals surface area contributed by atoms with Gasteiger partial charge in [0.05, 0.1) is 28.6 Å². The molecular weight excluding hydrogens is 359 g/mol. The van der Waals surface area contributed by atoms with Crippen LogP contribution in [0.5, 0.6) is 0 Å². The molecule has 25 heavy (non-hydrogen) atoms. The molecule has 0 unspecified atom stereocenters. The first kappa shape index (κ1) is 19.0. The highest BCUT2D eigenvalue weighted by Crippen LogP contribution is 2.33. The molecule has 2 aromatic heterocycles. The van der Waals surface area contributed by atoms with Crippen molar-refractivity contribution >= 4 is 57.3 Å². The van der Waals surface area contributed by atoms with Gasteiger partial charge in [-0.1, -0.05) is 17.7 Å². The van der Waals surface area contributed by atoms with E-state index in [9.17, 15) is 0 Å². The third-order valence-corrected chi connectivity index (χ3v) is 4.44. The zero-order chi connectivity index (χ0) is 16.0. The molecule has 0 aliphatic heterocycles. The lowest BCUT2D eigenvalue weighted by Crippen LogP contribution is -1.97. The summed E-state index contributed by atoms with van der Waals surface area (Å²) in [4.78, 5) is 12.2. The molecule has 2 aromatic carbocycles. The minimum atomic E-state index is 0. The number of fused-ring (bicyclic) bond motifs is 3. The van der Waals surface area contributed by atoms with Crippen LogP contribution in [0.1, 0.15) is 11.3 Å². The van der Waals surface area contributed by atoms with Crippen molar-refractivity contribution in [1.29, 1.82) is 0 Å². The summed E-state index contributed by atoms with van der Waals surface area (Å²) in [5, 5.41) is 5.29. The van der Waals surface area contributed by atoms with Gasteiger partial charge in [-0.3, -0.25) is 4.98 Å². The highest BCUT2D eigenvalue weighted by atomic mass is 35.5. The summed E-state index contributed by atoms with van der Waals surface area (Å²) in [7, 11) is 0. The number of H-pyrrole nitrogens is 1. The molecule has 4 aromatic rings. The van der Waals surface area contributed by atoms with Gasteiger partial charge in [0.2, 0.25) is 0 Å². The molecule has 0 saturated carbocycles. The Labute approximate surface area is 156 Å². The first-order chi connectivity index (χ1) is 11.1. The molecule has 0 fully saturated rings. The number of rotatable bonds is 2. The van der Waals surface area contributed by atoms with Crippen molar-refractivity contribution in [3.8, 4) is 0 Å². The summed E-state index contributed by atoms with van der Waals surface area (Å²) in [6.45, 7) is 4.00. The highest BCUT2D eigenvalue weighted by Gasteiger charge is 2.11. The molecule has 0 saturated heterocycles. The third kappa shape index (κ3) is 3.26. The number of nitrogens with zero attached hydrogens (tertiary/aromatic N) is 2. The number of nitrogens with one attached hydrogen (secondary N) is 2. The van der Waals surface area contributed by atoms with Gasteiger partial charge in [0.25, 0.3) is 0 Å². The molecule has 5 nitrogen and oxygen atoms in total. The van der Waals surface area contributed by atoms with Crippen LogP contribution in [-0.2, 0) is 0 Å². The fraction of sp³-hybridized carbons (Fsp3) is 0.111. The van der Waals surface area contributed by atoms with E-state index < -0.39 is 0 Å². The number of hydrogen-bond donors (Lipinski definition) is 2. The van der Waals surface area contributed by atoms with Crippen molar-refractivity contribution in [3.05, 3.63) is 59.0 Å². The van der Waals surface area contributed by atoms with Crippen LogP contribution in [0.4, 0.5) is 11.4 Å². The summed E-state index contributed by atoms with van der Waals surface area (Å²) < 4.78 is 0. The molecule has 4 N–H and O–H groups in total. The molecule has 0 aliphatic carbocycles. The van der Waals surface area contributed by atoms with Crippen LogP contribution >= 0.6 is 24.0 Å². The largest absolute Gasteiger partial charge is 0.412 e. The maximum Gasteiger partial charge on any atom is 0.0932 e. The van der Waals surface area contributed by atoms with E-state index in [1.165, 1.54) is 0 Å². The van der Waals surface area contributed by atoms with Crippen LogP contribution in [0, 0.1) is 13.8 Å². The first-order valence-electron chi connectivity index (χ1n) is 7.39. The fourth-order valence-corrected chi connectivity index (χ4v) is 3.03. The van der Waals surface area contributed by atoms with Crippen LogP contribution in [0.25, 0.3) is 21.9 Å². The number of imidazole rings is 1. The van der Waals surface area contributed by atoms with Crippen LogP contribution < -0.4 is 5.32 Å². The highest BCUT2D eigenvalue weighted by molar-refractivity contribution is 6.31. The molecule has 7 heteroatoms. The molecule has 0 spiro atoms. The molecule has 130 valence electrons. The second kappa shape index (κ2) is 7.27. The van der Waals surface area contributed by atoms with Gasteiger partial charge >= 0.3 is 0 Å². The minimum Gasteiger partial charge on any atom is -0.412 e. The summed E-state index contributed by atoms with van der Waals surface area (Å²) >= 11 is 6.24. The van der Waals surface area contributed by atoms with E-state index >= 15 is 0 Å². The van der Waals surface area contributed by atoms with Gasteiger partial charge < -0.3 is 15.8 Å². The Balaban J connectivity index is 0.00000113. The first-order valence-corrected chi connectivity index (χ1v) is 7.77. The predicted molar refractivity (Wildman–Crippen MR) is 106 cm³/mol. The SMILES string of the molecule is Cc1cc(Nc2cccc(Cl)c2C)c2c(ccc3nc[nH]c32)n1.Cl.O. The van der Waals surface area contributed by atoms with Gasteiger partial charge in [0.15, 0.2) is 0 Å². The van der Waals surface area contributed by atoms with E-state index in [2.05, 4.69) is 20.3 Å². The monoisotopic (exact) mass is 376 g/mol. The van der Waals surface area contributed by atoms with Crippen molar-refractivity contribution in [2.75, 3.05) is 5.32 Å².